The minimum atomic E-state index is -3.94. The molecule has 0 bridgehead atoms. The van der Waals surface area contributed by atoms with Crippen LogP contribution in [0, 0.1) is 18.3 Å². The van der Waals surface area contributed by atoms with Crippen molar-refractivity contribution in [1.82, 2.24) is 0 Å². The summed E-state index contributed by atoms with van der Waals surface area (Å²) in [5.74, 6) is 0. The van der Waals surface area contributed by atoms with E-state index in [0.29, 0.717) is 5.56 Å². The summed E-state index contributed by atoms with van der Waals surface area (Å²) < 4.78 is 48.7. The maximum absolute atomic E-state index is 11.9. The Morgan fingerprint density at radius 1 is 1.35 bits per heavy atom. The van der Waals surface area contributed by atoms with Crippen LogP contribution in [-0.4, -0.2) is 22.1 Å². The highest BCUT2D eigenvalue weighted by Crippen LogP contribution is 2.21. The molecule has 0 saturated heterocycles. The van der Waals surface area contributed by atoms with Gasteiger partial charge in [0.2, 0.25) is 20.0 Å². The van der Waals surface area contributed by atoms with Crippen molar-refractivity contribution in [1.29, 1.82) is 5.26 Å². The molecule has 110 valence electrons. The van der Waals surface area contributed by atoms with Crippen molar-refractivity contribution in [3.05, 3.63) is 23.8 Å². The molecule has 0 radical (unpaired) electrons. The third-order valence-electron chi connectivity index (χ3n) is 2.64. The zero-order chi connectivity index (χ0) is 15.6. The van der Waals surface area contributed by atoms with Crippen molar-refractivity contribution in [2.75, 3.05) is 4.72 Å². The largest absolute Gasteiger partial charge is 0.282 e. The molecule has 3 N–H and O–H groups in total. The van der Waals surface area contributed by atoms with E-state index in [-0.39, 0.29) is 17.0 Å². The molecule has 1 rings (SSSR count). The van der Waals surface area contributed by atoms with Crippen LogP contribution in [0.3, 0.4) is 0 Å². The van der Waals surface area contributed by atoms with Crippen LogP contribution < -0.4 is 9.86 Å². The van der Waals surface area contributed by atoms with E-state index in [1.165, 1.54) is 12.1 Å². The Morgan fingerprint density at radius 2 is 1.95 bits per heavy atom. The van der Waals surface area contributed by atoms with E-state index in [2.05, 4.69) is 4.72 Å². The molecule has 1 aromatic rings. The molecule has 0 aromatic heterocycles. The molecule has 1 aromatic carbocycles. The van der Waals surface area contributed by atoms with Crippen molar-refractivity contribution in [3.63, 3.8) is 0 Å². The molecule has 0 saturated carbocycles. The lowest BCUT2D eigenvalue weighted by Gasteiger charge is -2.12. The van der Waals surface area contributed by atoms with Crippen LogP contribution in [-0.2, 0) is 20.0 Å². The highest BCUT2D eigenvalue weighted by molar-refractivity contribution is 7.93. The molecule has 0 amide bonds. The maximum atomic E-state index is 11.9. The third-order valence-corrected chi connectivity index (χ3v) is 5.41. The van der Waals surface area contributed by atoms with Crippen molar-refractivity contribution >= 4 is 25.7 Å². The molecule has 0 aliphatic rings. The van der Waals surface area contributed by atoms with Gasteiger partial charge in [0.15, 0.2) is 5.25 Å². The van der Waals surface area contributed by atoms with Gasteiger partial charge in [-0.1, -0.05) is 13.0 Å². The molecule has 1 atom stereocenters. The monoisotopic (exact) mass is 317 g/mol. The minimum absolute atomic E-state index is 0.0494. The minimum Gasteiger partial charge on any atom is -0.282 e. The van der Waals surface area contributed by atoms with Crippen molar-refractivity contribution in [2.45, 2.75) is 30.4 Å². The Kier molecular flexibility index (Phi) is 4.75. The summed E-state index contributed by atoms with van der Waals surface area (Å²) in [5.41, 5.74) is 0.455. The average Bonchev–Trinajstić information content (AvgIpc) is 2.31. The zero-order valence-electron chi connectivity index (χ0n) is 11.0. The Hall–Kier alpha value is -1.63. The van der Waals surface area contributed by atoms with Gasteiger partial charge in [-0.2, -0.15) is 5.26 Å². The highest BCUT2D eigenvalue weighted by atomic mass is 32.2. The van der Waals surface area contributed by atoms with E-state index >= 15 is 0 Å². The molecule has 0 aliphatic carbocycles. The van der Waals surface area contributed by atoms with Gasteiger partial charge in [0.25, 0.3) is 0 Å². The lowest BCUT2D eigenvalue weighted by atomic mass is 10.2. The predicted molar refractivity (Wildman–Crippen MR) is 74.8 cm³/mol. The number of anilines is 1. The summed E-state index contributed by atoms with van der Waals surface area (Å²) >= 11 is 0. The third kappa shape index (κ3) is 3.69. The number of nitrogens with two attached hydrogens (primary N) is 1. The molecule has 7 nitrogen and oxygen atoms in total. The lowest BCUT2D eigenvalue weighted by Crippen LogP contribution is -2.26. The van der Waals surface area contributed by atoms with E-state index in [4.69, 9.17) is 10.4 Å². The zero-order valence-corrected chi connectivity index (χ0v) is 12.6. The van der Waals surface area contributed by atoms with Crippen LogP contribution in [0.2, 0.25) is 0 Å². The molecular weight excluding hydrogens is 302 g/mol. The fourth-order valence-corrected chi connectivity index (χ4v) is 3.57. The summed E-state index contributed by atoms with van der Waals surface area (Å²) in [6.07, 6.45) is 0.125. The van der Waals surface area contributed by atoms with E-state index in [1.54, 1.807) is 19.9 Å². The van der Waals surface area contributed by atoms with E-state index in [9.17, 15) is 16.8 Å². The molecule has 20 heavy (non-hydrogen) atoms. The second kappa shape index (κ2) is 5.78. The fraction of sp³-hybridized carbons (Fsp3) is 0.364. The van der Waals surface area contributed by atoms with Gasteiger partial charge in [-0.25, -0.2) is 22.0 Å². The first kappa shape index (κ1) is 16.4. The van der Waals surface area contributed by atoms with Gasteiger partial charge in [0, 0.05) is 5.69 Å². The van der Waals surface area contributed by atoms with Crippen LogP contribution in [0.4, 0.5) is 5.69 Å². The van der Waals surface area contributed by atoms with Gasteiger partial charge in [-0.05, 0) is 31.0 Å². The summed E-state index contributed by atoms with van der Waals surface area (Å²) in [6, 6.07) is 5.65. The molecule has 0 fully saturated rings. The number of sulfonamides is 2. The van der Waals surface area contributed by atoms with Gasteiger partial charge in [-0.3, -0.25) is 4.72 Å². The van der Waals surface area contributed by atoms with E-state index in [1.807, 2.05) is 0 Å². The van der Waals surface area contributed by atoms with Crippen LogP contribution in [0.25, 0.3) is 0 Å². The smallest absolute Gasteiger partial charge is 0.249 e. The number of nitrogens with zero attached hydrogens (tertiary/aromatic N) is 1. The predicted octanol–water partition coefficient (Wildman–Crippen LogP) is 0.686. The number of benzene rings is 1. The quantitative estimate of drug-likeness (QED) is 0.825. The number of rotatable bonds is 5. The van der Waals surface area contributed by atoms with Crippen molar-refractivity contribution < 1.29 is 16.8 Å². The summed E-state index contributed by atoms with van der Waals surface area (Å²) in [6.45, 7) is 3.11. The van der Waals surface area contributed by atoms with Crippen LogP contribution in [0.5, 0.6) is 0 Å². The summed E-state index contributed by atoms with van der Waals surface area (Å²) in [4.78, 5) is -0.164. The number of hydrogen-bond acceptors (Lipinski definition) is 5. The Morgan fingerprint density at radius 3 is 2.40 bits per heavy atom. The fourth-order valence-electron chi connectivity index (χ4n) is 1.59. The van der Waals surface area contributed by atoms with E-state index in [0.717, 1.165) is 6.07 Å². The summed E-state index contributed by atoms with van der Waals surface area (Å²) in [5, 5.41) is 12.6. The van der Waals surface area contributed by atoms with Gasteiger partial charge < -0.3 is 0 Å². The SMILES string of the molecule is CCC(C#N)S(=O)(=O)Nc1ccc(C)c(S(N)(=O)=O)c1. The van der Waals surface area contributed by atoms with Gasteiger partial charge in [0.05, 0.1) is 11.0 Å². The second-order valence-corrected chi connectivity index (χ2v) is 7.59. The molecule has 0 heterocycles. The number of nitriles is 1. The Balaban J connectivity index is 3.23. The number of nitrogens with one attached hydrogen (secondary N) is 1. The standard InChI is InChI=1S/C11H15N3O4S2/c1-3-10(7-12)20(17,18)14-9-5-4-8(2)11(6-9)19(13,15)16/h4-6,10,14H,3H2,1-2H3,(H2,13,15,16). The second-order valence-electron chi connectivity index (χ2n) is 4.20. The normalized spacial score (nSPS) is 13.5. The first-order chi connectivity index (χ1) is 9.11. The lowest BCUT2D eigenvalue weighted by molar-refractivity contribution is 0.591. The first-order valence-electron chi connectivity index (χ1n) is 5.66. The number of aryl methyl sites for hydroxylation is 1. The van der Waals surface area contributed by atoms with Gasteiger partial charge in [-0.15, -0.1) is 0 Å². The first-order valence-corrected chi connectivity index (χ1v) is 8.75. The summed E-state index contributed by atoms with van der Waals surface area (Å²) in [7, 11) is -7.84. The van der Waals surface area contributed by atoms with Crippen LogP contribution in [0.15, 0.2) is 23.1 Å². The van der Waals surface area contributed by atoms with Gasteiger partial charge in [0.1, 0.15) is 0 Å². The van der Waals surface area contributed by atoms with Gasteiger partial charge >= 0.3 is 0 Å². The molecule has 0 aliphatic heterocycles. The Labute approximate surface area is 118 Å². The molecular formula is C11H15N3O4S2. The van der Waals surface area contributed by atoms with Crippen LogP contribution >= 0.6 is 0 Å². The highest BCUT2D eigenvalue weighted by Gasteiger charge is 2.24. The Bertz CT molecular complexity index is 748. The molecule has 1 unspecified atom stereocenters. The van der Waals surface area contributed by atoms with Crippen molar-refractivity contribution in [3.8, 4) is 6.07 Å². The topological polar surface area (TPSA) is 130 Å². The average molecular weight is 317 g/mol. The molecule has 9 heteroatoms. The number of hydrogen-bond donors (Lipinski definition) is 2. The molecule has 0 spiro atoms. The van der Waals surface area contributed by atoms with Crippen LogP contribution in [0.1, 0.15) is 18.9 Å². The maximum Gasteiger partial charge on any atom is 0.249 e. The van der Waals surface area contributed by atoms with E-state index < -0.39 is 25.3 Å². The number of primary sulfonamides is 1. The van der Waals surface area contributed by atoms with Crippen molar-refractivity contribution in [2.24, 2.45) is 5.14 Å².